The summed E-state index contributed by atoms with van der Waals surface area (Å²) in [6.45, 7) is 0. The maximum atomic E-state index is 11.8. The van der Waals surface area contributed by atoms with Gasteiger partial charge in [-0.2, -0.15) is 0 Å². The van der Waals surface area contributed by atoms with Gasteiger partial charge in [-0.05, 0) is 18.3 Å². The summed E-state index contributed by atoms with van der Waals surface area (Å²) in [5, 5.41) is 0. The fourth-order valence-electron chi connectivity index (χ4n) is 3.48. The van der Waals surface area contributed by atoms with Crippen molar-refractivity contribution in [3.63, 3.8) is 0 Å². The van der Waals surface area contributed by atoms with E-state index in [4.69, 9.17) is 0 Å². The smallest absolute Gasteiger partial charge is 0.133 e. The van der Waals surface area contributed by atoms with Gasteiger partial charge in [0.2, 0.25) is 0 Å². The van der Waals surface area contributed by atoms with Gasteiger partial charge in [0.25, 0.3) is 0 Å². The largest absolute Gasteiger partial charge is 0.300 e. The van der Waals surface area contributed by atoms with Crippen molar-refractivity contribution in [3.05, 3.63) is 0 Å². The maximum Gasteiger partial charge on any atom is 0.133 e. The second-order valence-electron chi connectivity index (χ2n) is 5.94. The Hall–Kier alpha value is -0.330. The molecule has 0 atom stereocenters. The van der Waals surface area contributed by atoms with Crippen LogP contribution in [0.2, 0.25) is 0 Å². The second kappa shape index (κ2) is 6.42. The van der Waals surface area contributed by atoms with E-state index >= 15 is 0 Å². The molecule has 2 aliphatic rings. The Kier molecular flexibility index (Phi) is 4.87. The van der Waals surface area contributed by atoms with Crippen LogP contribution < -0.4 is 0 Å². The Labute approximate surface area is 100.0 Å². The number of ketones is 1. The number of Topliss-reactive ketones (excluding diaryl/α,β-unsaturated/α-hetero) is 1. The van der Waals surface area contributed by atoms with E-state index in [-0.39, 0.29) is 0 Å². The molecule has 0 radical (unpaired) electrons. The van der Waals surface area contributed by atoms with Crippen LogP contribution in [0.5, 0.6) is 0 Å². The first kappa shape index (κ1) is 12.1. The van der Waals surface area contributed by atoms with Gasteiger partial charge in [-0.1, -0.05) is 57.8 Å². The van der Waals surface area contributed by atoms with Crippen molar-refractivity contribution in [2.24, 2.45) is 11.8 Å². The van der Waals surface area contributed by atoms with Gasteiger partial charge in [0.15, 0.2) is 0 Å². The van der Waals surface area contributed by atoms with Crippen LogP contribution in [0.3, 0.4) is 0 Å². The Morgan fingerprint density at radius 3 is 2.06 bits per heavy atom. The molecular formula is C15H26O. The quantitative estimate of drug-likeness (QED) is 0.669. The molecule has 0 bridgehead atoms. The molecular weight excluding hydrogens is 196 g/mol. The minimum absolute atomic E-state index is 0.553. The molecule has 1 nitrogen and oxygen atoms in total. The summed E-state index contributed by atoms with van der Waals surface area (Å²) in [4.78, 5) is 11.8. The van der Waals surface area contributed by atoms with Crippen LogP contribution in [-0.4, -0.2) is 5.78 Å². The van der Waals surface area contributed by atoms with Crippen molar-refractivity contribution >= 4 is 5.78 Å². The molecule has 0 aliphatic heterocycles. The van der Waals surface area contributed by atoms with Crippen molar-refractivity contribution in [2.75, 3.05) is 0 Å². The van der Waals surface area contributed by atoms with E-state index in [0.717, 1.165) is 24.7 Å². The third-order valence-electron chi connectivity index (χ3n) is 4.55. The molecule has 0 aromatic carbocycles. The molecule has 2 fully saturated rings. The highest BCUT2D eigenvalue weighted by Gasteiger charge is 2.19. The zero-order valence-corrected chi connectivity index (χ0v) is 10.5. The third kappa shape index (κ3) is 3.92. The van der Waals surface area contributed by atoms with Crippen LogP contribution in [0.15, 0.2) is 0 Å². The van der Waals surface area contributed by atoms with Crippen LogP contribution in [0.25, 0.3) is 0 Å². The van der Waals surface area contributed by atoms with E-state index < -0.39 is 0 Å². The first-order valence-corrected chi connectivity index (χ1v) is 7.36. The first-order chi connectivity index (χ1) is 7.84. The number of hydrogen-bond donors (Lipinski definition) is 0. The van der Waals surface area contributed by atoms with Crippen LogP contribution in [0.1, 0.15) is 77.0 Å². The monoisotopic (exact) mass is 222 g/mol. The standard InChI is InChI=1S/C15H26O/c16-15(12-14-8-4-5-9-14)11-10-13-6-2-1-3-7-13/h13-14H,1-12H2. The van der Waals surface area contributed by atoms with Gasteiger partial charge < -0.3 is 0 Å². The van der Waals surface area contributed by atoms with E-state index in [0.29, 0.717) is 5.78 Å². The fourth-order valence-corrected chi connectivity index (χ4v) is 3.48. The summed E-state index contributed by atoms with van der Waals surface area (Å²) in [5.74, 6) is 2.18. The minimum atomic E-state index is 0.553. The molecule has 2 rings (SSSR count). The normalized spacial score (nSPS) is 23.8. The summed E-state index contributed by atoms with van der Waals surface area (Å²) in [6.07, 6.45) is 15.3. The van der Waals surface area contributed by atoms with Gasteiger partial charge in [0.1, 0.15) is 5.78 Å². The summed E-state index contributed by atoms with van der Waals surface area (Å²) < 4.78 is 0. The first-order valence-electron chi connectivity index (χ1n) is 7.36. The average molecular weight is 222 g/mol. The molecule has 16 heavy (non-hydrogen) atoms. The molecule has 0 aromatic rings. The third-order valence-corrected chi connectivity index (χ3v) is 4.55. The lowest BCUT2D eigenvalue weighted by atomic mass is 9.85. The van der Waals surface area contributed by atoms with E-state index in [9.17, 15) is 4.79 Å². The fraction of sp³-hybridized carbons (Fsp3) is 0.933. The molecule has 92 valence electrons. The van der Waals surface area contributed by atoms with Crippen molar-refractivity contribution in [3.8, 4) is 0 Å². The highest BCUT2D eigenvalue weighted by molar-refractivity contribution is 5.78. The van der Waals surface area contributed by atoms with E-state index in [1.165, 1.54) is 64.2 Å². The van der Waals surface area contributed by atoms with E-state index in [1.807, 2.05) is 0 Å². The molecule has 2 saturated carbocycles. The molecule has 0 amide bonds. The zero-order chi connectivity index (χ0) is 11.2. The summed E-state index contributed by atoms with van der Waals surface area (Å²) in [5.41, 5.74) is 0. The molecule has 0 spiro atoms. The molecule has 1 heteroatoms. The predicted molar refractivity (Wildman–Crippen MR) is 67.4 cm³/mol. The number of carbonyl (C=O) groups is 1. The summed E-state index contributed by atoms with van der Waals surface area (Å²) in [7, 11) is 0. The maximum absolute atomic E-state index is 11.8. The lowest BCUT2D eigenvalue weighted by Crippen LogP contribution is -2.10. The second-order valence-corrected chi connectivity index (χ2v) is 5.94. The van der Waals surface area contributed by atoms with Gasteiger partial charge in [-0.3, -0.25) is 4.79 Å². The lowest BCUT2D eigenvalue weighted by Gasteiger charge is -2.21. The van der Waals surface area contributed by atoms with Crippen molar-refractivity contribution in [1.29, 1.82) is 0 Å². The van der Waals surface area contributed by atoms with Gasteiger partial charge >= 0.3 is 0 Å². The van der Waals surface area contributed by atoms with E-state index in [1.54, 1.807) is 0 Å². The number of carbonyl (C=O) groups excluding carboxylic acids is 1. The van der Waals surface area contributed by atoms with Crippen LogP contribution >= 0.6 is 0 Å². The van der Waals surface area contributed by atoms with Crippen molar-refractivity contribution in [1.82, 2.24) is 0 Å². The Morgan fingerprint density at radius 1 is 0.812 bits per heavy atom. The topological polar surface area (TPSA) is 17.1 Å². The molecule has 2 aliphatic carbocycles. The predicted octanol–water partition coefficient (Wildman–Crippen LogP) is 4.50. The SMILES string of the molecule is O=C(CCC1CCCCC1)CC1CCCC1. The average Bonchev–Trinajstić information content (AvgIpc) is 2.81. The minimum Gasteiger partial charge on any atom is -0.300 e. The highest BCUT2D eigenvalue weighted by Crippen LogP contribution is 2.30. The number of hydrogen-bond acceptors (Lipinski definition) is 1. The Morgan fingerprint density at radius 2 is 1.38 bits per heavy atom. The summed E-state index contributed by atoms with van der Waals surface area (Å²) in [6, 6.07) is 0. The zero-order valence-electron chi connectivity index (χ0n) is 10.5. The van der Waals surface area contributed by atoms with Crippen LogP contribution in [0.4, 0.5) is 0 Å². The van der Waals surface area contributed by atoms with Crippen molar-refractivity contribution in [2.45, 2.75) is 77.0 Å². The molecule has 0 heterocycles. The highest BCUT2D eigenvalue weighted by atomic mass is 16.1. The lowest BCUT2D eigenvalue weighted by molar-refractivity contribution is -0.120. The van der Waals surface area contributed by atoms with E-state index in [2.05, 4.69) is 0 Å². The Balaban J connectivity index is 1.59. The van der Waals surface area contributed by atoms with Gasteiger partial charge in [-0.25, -0.2) is 0 Å². The molecule has 0 N–H and O–H groups in total. The molecule has 0 unspecified atom stereocenters. The van der Waals surface area contributed by atoms with Crippen molar-refractivity contribution < 1.29 is 4.79 Å². The van der Waals surface area contributed by atoms with Gasteiger partial charge in [-0.15, -0.1) is 0 Å². The van der Waals surface area contributed by atoms with Gasteiger partial charge in [0.05, 0.1) is 0 Å². The molecule has 0 saturated heterocycles. The van der Waals surface area contributed by atoms with Crippen LogP contribution in [-0.2, 0) is 4.79 Å². The summed E-state index contributed by atoms with van der Waals surface area (Å²) >= 11 is 0. The van der Waals surface area contributed by atoms with Crippen LogP contribution in [0, 0.1) is 11.8 Å². The number of rotatable bonds is 5. The molecule has 0 aromatic heterocycles. The van der Waals surface area contributed by atoms with Gasteiger partial charge in [0, 0.05) is 12.8 Å². The Bertz CT molecular complexity index is 209.